The molecular formula is C12H23N. The van der Waals surface area contributed by atoms with Crippen LogP contribution in [0.25, 0.3) is 0 Å². The van der Waals surface area contributed by atoms with Gasteiger partial charge in [0.2, 0.25) is 0 Å². The highest BCUT2D eigenvalue weighted by molar-refractivity contribution is 5.29. The van der Waals surface area contributed by atoms with Gasteiger partial charge in [0.1, 0.15) is 0 Å². The third-order valence-corrected chi connectivity index (χ3v) is 3.56. The van der Waals surface area contributed by atoms with E-state index in [4.69, 9.17) is 0 Å². The summed E-state index contributed by atoms with van der Waals surface area (Å²) in [6.45, 7) is 11.2. The van der Waals surface area contributed by atoms with E-state index in [0.29, 0.717) is 5.41 Å². The van der Waals surface area contributed by atoms with Crippen molar-refractivity contribution in [3.05, 3.63) is 11.1 Å². The zero-order valence-electron chi connectivity index (χ0n) is 9.78. The largest absolute Gasteiger partial charge is 0.305 e. The Morgan fingerprint density at radius 2 is 1.69 bits per heavy atom. The van der Waals surface area contributed by atoms with Gasteiger partial charge in [0.15, 0.2) is 0 Å². The van der Waals surface area contributed by atoms with Gasteiger partial charge < -0.3 is 4.90 Å². The predicted molar refractivity (Wildman–Crippen MR) is 58.9 cm³/mol. The Morgan fingerprint density at radius 3 is 2.00 bits per heavy atom. The molecule has 0 unspecified atom stereocenters. The number of rotatable bonds is 0. The van der Waals surface area contributed by atoms with Crippen LogP contribution in [0, 0.1) is 5.41 Å². The summed E-state index contributed by atoms with van der Waals surface area (Å²) in [6, 6.07) is 0. The first-order valence-electron chi connectivity index (χ1n) is 5.49. The molecule has 1 spiro atoms. The Bertz CT molecular complexity index is 209. The lowest BCUT2D eigenvalue weighted by atomic mass is 9.75. The molecule has 2 aliphatic rings. The van der Waals surface area contributed by atoms with Crippen molar-refractivity contribution < 1.29 is 0 Å². The highest BCUT2D eigenvalue weighted by Gasteiger charge is 2.45. The number of hydrogen-bond donors (Lipinski definition) is 0. The SMILES string of the molecule is CC.CC1=C(C)C2(CC1)CN(C)C2. The Balaban J connectivity index is 0.000000396. The molecule has 1 saturated heterocycles. The molecular weight excluding hydrogens is 158 g/mol. The molecule has 0 atom stereocenters. The molecule has 1 heteroatoms. The van der Waals surface area contributed by atoms with Crippen LogP contribution in [-0.2, 0) is 0 Å². The van der Waals surface area contributed by atoms with Crippen LogP contribution >= 0.6 is 0 Å². The molecule has 0 amide bonds. The summed E-state index contributed by atoms with van der Waals surface area (Å²) in [6.07, 6.45) is 2.76. The average Bonchev–Trinajstić information content (AvgIpc) is 2.37. The van der Waals surface area contributed by atoms with Crippen molar-refractivity contribution in [2.24, 2.45) is 5.41 Å². The molecule has 0 aromatic rings. The quantitative estimate of drug-likeness (QED) is 0.519. The van der Waals surface area contributed by atoms with E-state index in [1.54, 1.807) is 11.1 Å². The fraction of sp³-hybridized carbons (Fsp3) is 0.833. The predicted octanol–water partition coefficient (Wildman–Crippen LogP) is 3.07. The Labute approximate surface area is 82.8 Å². The van der Waals surface area contributed by atoms with Gasteiger partial charge in [-0.15, -0.1) is 0 Å². The molecule has 1 aliphatic heterocycles. The van der Waals surface area contributed by atoms with Gasteiger partial charge in [-0.3, -0.25) is 0 Å². The topological polar surface area (TPSA) is 3.24 Å². The van der Waals surface area contributed by atoms with Gasteiger partial charge in [-0.05, 0) is 33.7 Å². The van der Waals surface area contributed by atoms with Gasteiger partial charge in [-0.2, -0.15) is 0 Å². The molecule has 0 aromatic heterocycles. The second-order valence-corrected chi connectivity index (χ2v) is 4.36. The number of likely N-dealkylation sites (tertiary alicyclic amines) is 1. The lowest BCUT2D eigenvalue weighted by Gasteiger charge is -2.47. The molecule has 0 aromatic carbocycles. The van der Waals surface area contributed by atoms with E-state index >= 15 is 0 Å². The van der Waals surface area contributed by atoms with Crippen LogP contribution in [0.3, 0.4) is 0 Å². The van der Waals surface area contributed by atoms with Crippen LogP contribution < -0.4 is 0 Å². The summed E-state index contributed by atoms with van der Waals surface area (Å²) in [7, 11) is 2.21. The van der Waals surface area contributed by atoms with E-state index in [9.17, 15) is 0 Å². The lowest BCUT2D eigenvalue weighted by Crippen LogP contribution is -2.53. The first-order chi connectivity index (χ1) is 6.14. The average molecular weight is 181 g/mol. The van der Waals surface area contributed by atoms with Gasteiger partial charge in [-0.1, -0.05) is 25.0 Å². The molecule has 13 heavy (non-hydrogen) atoms. The monoisotopic (exact) mass is 181 g/mol. The van der Waals surface area contributed by atoms with Crippen LogP contribution in [0.1, 0.15) is 40.5 Å². The summed E-state index contributed by atoms with van der Waals surface area (Å²) in [5.74, 6) is 0. The van der Waals surface area contributed by atoms with E-state index in [1.807, 2.05) is 13.8 Å². The minimum Gasteiger partial charge on any atom is -0.305 e. The van der Waals surface area contributed by atoms with Crippen LogP contribution in [0.15, 0.2) is 11.1 Å². The fourth-order valence-corrected chi connectivity index (χ4v) is 2.64. The molecule has 2 rings (SSSR count). The second-order valence-electron chi connectivity index (χ2n) is 4.36. The van der Waals surface area contributed by atoms with Crippen molar-refractivity contribution in [1.82, 2.24) is 4.90 Å². The summed E-state index contributed by atoms with van der Waals surface area (Å²) in [4.78, 5) is 2.42. The molecule has 76 valence electrons. The lowest BCUT2D eigenvalue weighted by molar-refractivity contribution is 0.0565. The minimum absolute atomic E-state index is 0.624. The summed E-state index contributed by atoms with van der Waals surface area (Å²) >= 11 is 0. The normalized spacial score (nSPS) is 25.6. The summed E-state index contributed by atoms with van der Waals surface area (Å²) < 4.78 is 0. The van der Waals surface area contributed by atoms with Crippen LogP contribution in [0.2, 0.25) is 0 Å². The third-order valence-electron chi connectivity index (χ3n) is 3.56. The first-order valence-corrected chi connectivity index (χ1v) is 5.49. The van der Waals surface area contributed by atoms with Crippen LogP contribution in [0.4, 0.5) is 0 Å². The highest BCUT2D eigenvalue weighted by atomic mass is 15.2. The fourth-order valence-electron chi connectivity index (χ4n) is 2.64. The Hall–Kier alpha value is -0.300. The first kappa shape index (κ1) is 10.8. The zero-order valence-corrected chi connectivity index (χ0v) is 9.78. The van der Waals surface area contributed by atoms with Crippen molar-refractivity contribution in [2.75, 3.05) is 20.1 Å². The summed E-state index contributed by atoms with van der Waals surface area (Å²) in [5, 5.41) is 0. The number of allylic oxidation sites excluding steroid dienone is 1. The molecule has 1 nitrogen and oxygen atoms in total. The smallest absolute Gasteiger partial charge is 0.0169 e. The van der Waals surface area contributed by atoms with Crippen molar-refractivity contribution in [2.45, 2.75) is 40.5 Å². The van der Waals surface area contributed by atoms with Gasteiger partial charge in [0, 0.05) is 18.5 Å². The maximum atomic E-state index is 2.42. The third kappa shape index (κ3) is 1.67. The van der Waals surface area contributed by atoms with Gasteiger partial charge in [0.25, 0.3) is 0 Å². The van der Waals surface area contributed by atoms with Crippen molar-refractivity contribution >= 4 is 0 Å². The van der Waals surface area contributed by atoms with Crippen LogP contribution in [-0.4, -0.2) is 25.0 Å². The van der Waals surface area contributed by atoms with Gasteiger partial charge in [-0.25, -0.2) is 0 Å². The molecule has 0 N–H and O–H groups in total. The van der Waals surface area contributed by atoms with E-state index in [0.717, 1.165) is 0 Å². The maximum absolute atomic E-state index is 2.42. The molecule has 0 radical (unpaired) electrons. The molecule has 0 bridgehead atoms. The molecule has 1 fully saturated rings. The zero-order chi connectivity index (χ0) is 10.1. The minimum atomic E-state index is 0.624. The Morgan fingerprint density at radius 1 is 1.15 bits per heavy atom. The van der Waals surface area contributed by atoms with E-state index in [2.05, 4.69) is 25.8 Å². The van der Waals surface area contributed by atoms with Crippen molar-refractivity contribution in [3.8, 4) is 0 Å². The second kappa shape index (κ2) is 3.83. The van der Waals surface area contributed by atoms with Crippen LogP contribution in [0.5, 0.6) is 0 Å². The maximum Gasteiger partial charge on any atom is 0.0169 e. The molecule has 1 aliphatic carbocycles. The van der Waals surface area contributed by atoms with Gasteiger partial charge >= 0.3 is 0 Å². The number of nitrogens with zero attached hydrogens (tertiary/aromatic N) is 1. The summed E-state index contributed by atoms with van der Waals surface area (Å²) in [5.41, 5.74) is 3.97. The number of hydrogen-bond acceptors (Lipinski definition) is 1. The van der Waals surface area contributed by atoms with E-state index in [-0.39, 0.29) is 0 Å². The molecule has 1 heterocycles. The van der Waals surface area contributed by atoms with Crippen molar-refractivity contribution in [1.29, 1.82) is 0 Å². The van der Waals surface area contributed by atoms with E-state index in [1.165, 1.54) is 25.9 Å². The van der Waals surface area contributed by atoms with Gasteiger partial charge in [0.05, 0.1) is 0 Å². The standard InChI is InChI=1S/C10H17N.C2H6/c1-8-4-5-10(9(8)2)6-11(3)7-10;1-2/h4-7H2,1-3H3;1-2H3. The highest BCUT2D eigenvalue weighted by Crippen LogP contribution is 2.48. The Kier molecular flexibility index (Phi) is 3.18. The van der Waals surface area contributed by atoms with Crippen molar-refractivity contribution in [3.63, 3.8) is 0 Å². The molecule has 0 saturated carbocycles. The van der Waals surface area contributed by atoms with E-state index < -0.39 is 0 Å².